The smallest absolute Gasteiger partial charge is 0.194 e. The highest BCUT2D eigenvalue weighted by molar-refractivity contribution is 14.0. The molecule has 5 nitrogen and oxygen atoms in total. The van der Waals surface area contributed by atoms with Gasteiger partial charge in [-0.3, -0.25) is 0 Å². The van der Waals surface area contributed by atoms with Crippen LogP contribution in [-0.2, 0) is 31.5 Å². The highest BCUT2D eigenvalue weighted by atomic mass is 127. The summed E-state index contributed by atoms with van der Waals surface area (Å²) in [7, 11) is 5.60. The largest absolute Gasteiger partial charge is 0.380 e. The lowest BCUT2D eigenvalue weighted by molar-refractivity contribution is 0.181. The Labute approximate surface area is 172 Å². The van der Waals surface area contributed by atoms with Crippen LogP contribution in [0.2, 0.25) is 0 Å². The van der Waals surface area contributed by atoms with Gasteiger partial charge in [-0.2, -0.15) is 0 Å². The highest BCUT2D eigenvalue weighted by Gasteiger charge is 2.09. The van der Waals surface area contributed by atoms with E-state index in [-0.39, 0.29) is 36.4 Å². The standard InChI is InChI=1S/C19H27FN4O.HI/c1-5-21-19(24(3)13-17-7-6-10-23(17)2)22-12-15-8-9-18(20)16(11-15)14-25-4;/h6-11H,5,12-14H2,1-4H3,(H,21,22);1H. The van der Waals surface area contributed by atoms with E-state index in [0.29, 0.717) is 12.1 Å². The number of halogens is 2. The van der Waals surface area contributed by atoms with E-state index >= 15 is 0 Å². The number of ether oxygens (including phenoxy) is 1. The van der Waals surface area contributed by atoms with Crippen molar-refractivity contribution in [2.75, 3.05) is 20.7 Å². The van der Waals surface area contributed by atoms with E-state index in [1.54, 1.807) is 13.2 Å². The van der Waals surface area contributed by atoms with Crippen molar-refractivity contribution >= 4 is 29.9 Å². The average Bonchev–Trinajstić information content (AvgIpc) is 2.99. The quantitative estimate of drug-likeness (QED) is 0.380. The molecule has 2 rings (SSSR count). The maximum Gasteiger partial charge on any atom is 0.194 e. The van der Waals surface area contributed by atoms with Crippen molar-refractivity contribution in [1.82, 2.24) is 14.8 Å². The summed E-state index contributed by atoms with van der Waals surface area (Å²) < 4.78 is 20.8. The molecule has 0 unspecified atom stereocenters. The summed E-state index contributed by atoms with van der Waals surface area (Å²) in [5, 5.41) is 3.30. The van der Waals surface area contributed by atoms with Gasteiger partial charge in [0, 0.05) is 45.2 Å². The van der Waals surface area contributed by atoms with E-state index in [2.05, 4.69) is 25.8 Å². The van der Waals surface area contributed by atoms with Crippen LogP contribution in [0.25, 0.3) is 0 Å². The van der Waals surface area contributed by atoms with E-state index in [1.807, 2.05) is 39.3 Å². The molecule has 1 heterocycles. The summed E-state index contributed by atoms with van der Waals surface area (Å²) in [4.78, 5) is 6.77. The Bertz CT molecular complexity index is 717. The Morgan fingerprint density at radius 3 is 2.73 bits per heavy atom. The van der Waals surface area contributed by atoms with Gasteiger partial charge >= 0.3 is 0 Å². The van der Waals surface area contributed by atoms with Crippen LogP contribution < -0.4 is 5.32 Å². The molecule has 0 fully saturated rings. The third kappa shape index (κ3) is 6.28. The Hall–Kier alpha value is -1.61. The average molecular weight is 474 g/mol. The molecule has 0 amide bonds. The van der Waals surface area contributed by atoms with Gasteiger partial charge in [-0.25, -0.2) is 9.38 Å². The fourth-order valence-corrected chi connectivity index (χ4v) is 2.61. The molecular formula is C19H28FIN4O. The molecule has 2 aromatic rings. The number of rotatable bonds is 7. The highest BCUT2D eigenvalue weighted by Crippen LogP contribution is 2.13. The number of hydrogen-bond acceptors (Lipinski definition) is 2. The Balaban J connectivity index is 0.00000338. The summed E-state index contributed by atoms with van der Waals surface area (Å²) in [5.74, 6) is 0.573. The van der Waals surface area contributed by atoms with Gasteiger partial charge in [0.05, 0.1) is 19.7 Å². The zero-order valence-corrected chi connectivity index (χ0v) is 18.2. The minimum Gasteiger partial charge on any atom is -0.380 e. The minimum absolute atomic E-state index is 0. The number of hydrogen-bond donors (Lipinski definition) is 1. The fourth-order valence-electron chi connectivity index (χ4n) is 2.61. The van der Waals surface area contributed by atoms with Crippen LogP contribution in [0.4, 0.5) is 4.39 Å². The van der Waals surface area contributed by atoms with E-state index in [9.17, 15) is 4.39 Å². The molecule has 26 heavy (non-hydrogen) atoms. The van der Waals surface area contributed by atoms with E-state index < -0.39 is 0 Å². The predicted molar refractivity (Wildman–Crippen MR) is 114 cm³/mol. The number of guanidine groups is 1. The summed E-state index contributed by atoms with van der Waals surface area (Å²) in [6, 6.07) is 9.17. The summed E-state index contributed by atoms with van der Waals surface area (Å²) in [6.45, 7) is 4.33. The van der Waals surface area contributed by atoms with Crippen molar-refractivity contribution in [2.24, 2.45) is 12.0 Å². The molecule has 0 saturated heterocycles. The van der Waals surface area contributed by atoms with Crippen molar-refractivity contribution < 1.29 is 9.13 Å². The lowest BCUT2D eigenvalue weighted by Gasteiger charge is -2.22. The monoisotopic (exact) mass is 474 g/mol. The van der Waals surface area contributed by atoms with Crippen LogP contribution in [0, 0.1) is 5.82 Å². The molecule has 144 valence electrons. The molecule has 1 aromatic heterocycles. The Kier molecular flexibility index (Phi) is 9.64. The zero-order chi connectivity index (χ0) is 18.2. The third-order valence-electron chi connectivity index (χ3n) is 3.97. The number of benzene rings is 1. The van der Waals surface area contributed by atoms with E-state index in [4.69, 9.17) is 4.74 Å². The van der Waals surface area contributed by atoms with Gasteiger partial charge in [0.25, 0.3) is 0 Å². The second kappa shape index (κ2) is 11.2. The molecular weight excluding hydrogens is 446 g/mol. The number of aliphatic imine (C=N–C) groups is 1. The van der Waals surface area contributed by atoms with E-state index in [0.717, 1.165) is 24.6 Å². The first-order valence-corrected chi connectivity index (χ1v) is 8.41. The topological polar surface area (TPSA) is 41.8 Å². The number of aryl methyl sites for hydroxylation is 1. The number of nitrogens with zero attached hydrogens (tertiary/aromatic N) is 3. The van der Waals surface area contributed by atoms with Crippen LogP contribution >= 0.6 is 24.0 Å². The predicted octanol–water partition coefficient (Wildman–Crippen LogP) is 3.53. The zero-order valence-electron chi connectivity index (χ0n) is 15.8. The molecule has 0 atom stereocenters. The third-order valence-corrected chi connectivity index (χ3v) is 3.97. The molecule has 0 aliphatic carbocycles. The first kappa shape index (κ1) is 22.4. The van der Waals surface area contributed by atoms with Gasteiger partial charge in [0.15, 0.2) is 5.96 Å². The Morgan fingerprint density at radius 1 is 1.35 bits per heavy atom. The van der Waals surface area contributed by atoms with Crippen LogP contribution in [0.5, 0.6) is 0 Å². The van der Waals surface area contributed by atoms with Gasteiger partial charge in [-0.05, 0) is 36.8 Å². The lowest BCUT2D eigenvalue weighted by Crippen LogP contribution is -2.38. The molecule has 1 aromatic carbocycles. The SMILES string of the molecule is CCNC(=NCc1ccc(F)c(COC)c1)N(C)Cc1cccn1C.I. The fraction of sp³-hybridized carbons (Fsp3) is 0.421. The maximum absolute atomic E-state index is 13.7. The van der Waals surface area contributed by atoms with Crippen LogP contribution in [0.15, 0.2) is 41.5 Å². The number of aromatic nitrogens is 1. The van der Waals surface area contributed by atoms with Gasteiger partial charge < -0.3 is 19.5 Å². The van der Waals surface area contributed by atoms with Crippen LogP contribution in [0.3, 0.4) is 0 Å². The van der Waals surface area contributed by atoms with Crippen LogP contribution in [-0.4, -0.2) is 36.1 Å². The summed E-state index contributed by atoms with van der Waals surface area (Å²) >= 11 is 0. The second-order valence-electron chi connectivity index (χ2n) is 6.00. The second-order valence-corrected chi connectivity index (χ2v) is 6.00. The van der Waals surface area contributed by atoms with Gasteiger partial charge in [-0.1, -0.05) is 6.07 Å². The molecule has 0 bridgehead atoms. The van der Waals surface area contributed by atoms with Crippen LogP contribution in [0.1, 0.15) is 23.7 Å². The van der Waals surface area contributed by atoms with Crippen molar-refractivity contribution in [3.8, 4) is 0 Å². The normalized spacial score (nSPS) is 11.2. The molecule has 7 heteroatoms. The molecule has 0 spiro atoms. The first-order valence-electron chi connectivity index (χ1n) is 8.41. The molecule has 0 aliphatic rings. The molecule has 1 N–H and O–H groups in total. The van der Waals surface area contributed by atoms with Gasteiger partial charge in [0.2, 0.25) is 0 Å². The minimum atomic E-state index is -0.248. The number of nitrogens with one attached hydrogen (secondary N) is 1. The van der Waals surface area contributed by atoms with Gasteiger partial charge in [0.1, 0.15) is 5.82 Å². The Morgan fingerprint density at radius 2 is 2.12 bits per heavy atom. The molecule has 0 aliphatic heterocycles. The van der Waals surface area contributed by atoms with Crippen molar-refractivity contribution in [3.05, 3.63) is 59.2 Å². The van der Waals surface area contributed by atoms with E-state index in [1.165, 1.54) is 11.8 Å². The lowest BCUT2D eigenvalue weighted by atomic mass is 10.1. The summed E-state index contributed by atoms with van der Waals surface area (Å²) in [5.41, 5.74) is 2.71. The summed E-state index contributed by atoms with van der Waals surface area (Å²) in [6.07, 6.45) is 2.03. The number of methoxy groups -OCH3 is 1. The van der Waals surface area contributed by atoms with Gasteiger partial charge in [-0.15, -0.1) is 24.0 Å². The van der Waals surface area contributed by atoms with Crippen molar-refractivity contribution in [2.45, 2.75) is 26.6 Å². The maximum atomic E-state index is 13.7. The molecule has 0 radical (unpaired) electrons. The first-order chi connectivity index (χ1) is 12.0. The van der Waals surface area contributed by atoms with Crippen molar-refractivity contribution in [1.29, 1.82) is 0 Å². The molecule has 0 saturated carbocycles. The van der Waals surface area contributed by atoms with Crippen molar-refractivity contribution in [3.63, 3.8) is 0 Å².